The lowest BCUT2D eigenvalue weighted by Gasteiger charge is -2.12. The summed E-state index contributed by atoms with van der Waals surface area (Å²) in [7, 11) is 0. The van der Waals surface area contributed by atoms with E-state index in [0.717, 1.165) is 49.7 Å². The Morgan fingerprint density at radius 1 is 1.21 bits per heavy atom. The molecule has 0 amide bonds. The van der Waals surface area contributed by atoms with Crippen LogP contribution in [0.15, 0.2) is 16.4 Å². The maximum Gasteiger partial charge on any atom is 0.280 e. The van der Waals surface area contributed by atoms with Gasteiger partial charge >= 0.3 is 0 Å². The minimum atomic E-state index is -0.238. The van der Waals surface area contributed by atoms with E-state index in [0.29, 0.717) is 23.3 Å². The van der Waals surface area contributed by atoms with E-state index >= 15 is 0 Å². The largest absolute Gasteiger partial charge is 0.369 e. The van der Waals surface area contributed by atoms with E-state index in [1.165, 1.54) is 17.5 Å². The third-order valence-electron chi connectivity index (χ3n) is 5.01. The fraction of sp³-hybridized carbons (Fsp3) is 0.526. The van der Waals surface area contributed by atoms with Crippen molar-refractivity contribution in [3.63, 3.8) is 0 Å². The highest BCUT2D eigenvalue weighted by molar-refractivity contribution is 7.09. The van der Waals surface area contributed by atoms with E-state index in [1.54, 1.807) is 17.5 Å². The van der Waals surface area contributed by atoms with E-state index in [9.17, 15) is 4.79 Å². The molecule has 0 aliphatic carbocycles. The SMILES string of the molecule is CCCCNc1nc(N)nc2cnn(Cc3nc(CN4CCCC4)cs3)c(=O)c12. The zero-order chi connectivity index (χ0) is 20.2. The Hall–Kier alpha value is -2.59. The van der Waals surface area contributed by atoms with Crippen molar-refractivity contribution >= 4 is 34.0 Å². The standard InChI is InChI=1S/C19H26N8OS/c1-2-3-6-21-17-16-14(24-19(20)25-17)9-22-27(18(16)28)11-15-23-13(12-29-15)10-26-7-4-5-8-26/h9,12H,2-8,10-11H2,1H3,(H3,20,21,24,25). The molecule has 0 spiro atoms. The molecule has 154 valence electrons. The quantitative estimate of drug-likeness (QED) is 0.539. The van der Waals surface area contributed by atoms with E-state index in [2.05, 4.69) is 37.6 Å². The molecule has 0 atom stereocenters. The van der Waals surface area contributed by atoms with Crippen LogP contribution in [0.1, 0.15) is 43.3 Å². The number of nitrogen functional groups attached to an aromatic ring is 1. The van der Waals surface area contributed by atoms with Crippen LogP contribution in [-0.4, -0.2) is 49.3 Å². The molecular weight excluding hydrogens is 388 g/mol. The normalized spacial score (nSPS) is 14.7. The molecule has 3 aromatic rings. The highest BCUT2D eigenvalue weighted by Crippen LogP contribution is 2.18. The third-order valence-corrected chi connectivity index (χ3v) is 5.90. The van der Waals surface area contributed by atoms with Gasteiger partial charge in [-0.3, -0.25) is 9.69 Å². The van der Waals surface area contributed by atoms with Crippen molar-refractivity contribution in [2.45, 2.75) is 45.7 Å². The van der Waals surface area contributed by atoms with Gasteiger partial charge in [-0.1, -0.05) is 13.3 Å². The summed E-state index contributed by atoms with van der Waals surface area (Å²) in [5.41, 5.74) is 7.07. The number of anilines is 2. The molecule has 4 heterocycles. The fourth-order valence-electron chi connectivity index (χ4n) is 3.52. The van der Waals surface area contributed by atoms with Gasteiger partial charge in [-0.05, 0) is 32.4 Å². The highest BCUT2D eigenvalue weighted by atomic mass is 32.1. The van der Waals surface area contributed by atoms with Crippen LogP contribution in [0.3, 0.4) is 0 Å². The molecule has 0 saturated carbocycles. The van der Waals surface area contributed by atoms with Crippen molar-refractivity contribution < 1.29 is 0 Å². The summed E-state index contributed by atoms with van der Waals surface area (Å²) in [6.45, 7) is 6.30. The molecule has 29 heavy (non-hydrogen) atoms. The minimum Gasteiger partial charge on any atom is -0.369 e. The first-order valence-corrected chi connectivity index (χ1v) is 10.9. The number of likely N-dealkylation sites (tertiary alicyclic amines) is 1. The zero-order valence-corrected chi connectivity index (χ0v) is 17.4. The summed E-state index contributed by atoms with van der Waals surface area (Å²) in [4.78, 5) is 28.6. The van der Waals surface area contributed by atoms with E-state index in [4.69, 9.17) is 10.7 Å². The van der Waals surface area contributed by atoms with Gasteiger partial charge in [0, 0.05) is 18.5 Å². The van der Waals surface area contributed by atoms with Crippen molar-refractivity contribution in [1.82, 2.24) is 29.6 Å². The first-order chi connectivity index (χ1) is 14.1. The summed E-state index contributed by atoms with van der Waals surface area (Å²) >= 11 is 1.56. The maximum absolute atomic E-state index is 13.1. The number of fused-ring (bicyclic) bond motifs is 1. The molecule has 3 aromatic heterocycles. The minimum absolute atomic E-state index is 0.127. The van der Waals surface area contributed by atoms with Crippen molar-refractivity contribution in [3.05, 3.63) is 32.6 Å². The first-order valence-electron chi connectivity index (χ1n) is 10.1. The van der Waals surface area contributed by atoms with Crippen LogP contribution in [0.2, 0.25) is 0 Å². The number of thiazole rings is 1. The van der Waals surface area contributed by atoms with Crippen LogP contribution in [0, 0.1) is 0 Å². The molecular formula is C19H26N8OS. The highest BCUT2D eigenvalue weighted by Gasteiger charge is 2.16. The van der Waals surface area contributed by atoms with Gasteiger partial charge in [0.2, 0.25) is 5.95 Å². The summed E-state index contributed by atoms with van der Waals surface area (Å²) in [5, 5.41) is 10.8. The Labute approximate surface area is 173 Å². The molecule has 1 saturated heterocycles. The van der Waals surface area contributed by atoms with Crippen molar-refractivity contribution in [2.75, 3.05) is 30.7 Å². The lowest BCUT2D eigenvalue weighted by Crippen LogP contribution is -2.25. The van der Waals surface area contributed by atoms with Gasteiger partial charge in [0.05, 0.1) is 18.4 Å². The number of nitrogens with zero attached hydrogens (tertiary/aromatic N) is 6. The second-order valence-electron chi connectivity index (χ2n) is 7.29. The van der Waals surface area contributed by atoms with Gasteiger partial charge < -0.3 is 11.1 Å². The molecule has 1 fully saturated rings. The van der Waals surface area contributed by atoms with Crippen LogP contribution in [0.5, 0.6) is 0 Å². The Balaban J connectivity index is 1.58. The number of nitrogens with two attached hydrogens (primary N) is 1. The molecule has 4 rings (SSSR count). The molecule has 9 nitrogen and oxygen atoms in total. The zero-order valence-electron chi connectivity index (χ0n) is 16.6. The predicted molar refractivity (Wildman–Crippen MR) is 115 cm³/mol. The average molecular weight is 415 g/mol. The first kappa shape index (κ1) is 19.7. The monoisotopic (exact) mass is 414 g/mol. The Morgan fingerprint density at radius 3 is 2.83 bits per heavy atom. The van der Waals surface area contributed by atoms with Gasteiger partial charge in [0.25, 0.3) is 5.56 Å². The number of rotatable bonds is 8. The second kappa shape index (κ2) is 8.83. The van der Waals surface area contributed by atoms with Crippen molar-refractivity contribution in [3.8, 4) is 0 Å². The Kier molecular flexibility index (Phi) is 6.00. The van der Waals surface area contributed by atoms with Crippen LogP contribution in [0.25, 0.3) is 10.9 Å². The van der Waals surface area contributed by atoms with Gasteiger partial charge in [-0.2, -0.15) is 10.1 Å². The third kappa shape index (κ3) is 4.54. The number of hydrogen-bond donors (Lipinski definition) is 2. The molecule has 1 aliphatic heterocycles. The molecule has 1 aliphatic rings. The average Bonchev–Trinajstić information content (AvgIpc) is 3.36. The van der Waals surface area contributed by atoms with Gasteiger partial charge in [-0.15, -0.1) is 11.3 Å². The molecule has 0 unspecified atom stereocenters. The smallest absolute Gasteiger partial charge is 0.280 e. The van der Waals surface area contributed by atoms with Crippen molar-refractivity contribution in [2.24, 2.45) is 0 Å². The molecule has 10 heteroatoms. The molecule has 0 bridgehead atoms. The topological polar surface area (TPSA) is 115 Å². The summed E-state index contributed by atoms with van der Waals surface area (Å²) in [6.07, 6.45) is 6.10. The number of aromatic nitrogens is 5. The summed E-state index contributed by atoms with van der Waals surface area (Å²) in [6, 6.07) is 0. The van der Waals surface area contributed by atoms with E-state index < -0.39 is 0 Å². The summed E-state index contributed by atoms with van der Waals surface area (Å²) < 4.78 is 1.42. The number of unbranched alkanes of at least 4 members (excludes halogenated alkanes) is 1. The summed E-state index contributed by atoms with van der Waals surface area (Å²) in [5.74, 6) is 0.595. The van der Waals surface area contributed by atoms with Crippen molar-refractivity contribution in [1.29, 1.82) is 0 Å². The van der Waals surface area contributed by atoms with Crippen LogP contribution < -0.4 is 16.6 Å². The molecule has 0 radical (unpaired) electrons. The number of nitrogens with one attached hydrogen (secondary N) is 1. The van der Waals surface area contributed by atoms with Gasteiger partial charge in [0.1, 0.15) is 21.7 Å². The lowest BCUT2D eigenvalue weighted by atomic mass is 10.3. The number of hydrogen-bond acceptors (Lipinski definition) is 9. The van der Waals surface area contributed by atoms with Gasteiger partial charge in [-0.25, -0.2) is 14.6 Å². The molecule has 0 aromatic carbocycles. The Bertz CT molecular complexity index is 1040. The fourth-order valence-corrected chi connectivity index (χ4v) is 4.29. The van der Waals surface area contributed by atoms with Crippen LogP contribution in [-0.2, 0) is 13.1 Å². The Morgan fingerprint density at radius 2 is 2.03 bits per heavy atom. The predicted octanol–water partition coefficient (Wildman–Crippen LogP) is 2.08. The second-order valence-corrected chi connectivity index (χ2v) is 8.24. The maximum atomic E-state index is 13.1. The van der Waals surface area contributed by atoms with Crippen LogP contribution >= 0.6 is 11.3 Å². The van der Waals surface area contributed by atoms with Gasteiger partial charge in [0.15, 0.2) is 0 Å². The molecule has 3 N–H and O–H groups in total. The van der Waals surface area contributed by atoms with E-state index in [-0.39, 0.29) is 11.5 Å². The lowest BCUT2D eigenvalue weighted by molar-refractivity contribution is 0.327. The van der Waals surface area contributed by atoms with E-state index in [1.807, 2.05) is 0 Å². The van der Waals surface area contributed by atoms with Crippen LogP contribution in [0.4, 0.5) is 11.8 Å².